The summed E-state index contributed by atoms with van der Waals surface area (Å²) >= 11 is 1.26. The van der Waals surface area contributed by atoms with Crippen molar-refractivity contribution >= 4 is 22.7 Å². The van der Waals surface area contributed by atoms with Gasteiger partial charge in [-0.25, -0.2) is 18.4 Å². The number of rotatable bonds is 7. The molecule has 35 heavy (non-hydrogen) atoms. The monoisotopic (exact) mass is 496 g/mol. The second-order valence-electron chi connectivity index (χ2n) is 7.26. The molecule has 2 aromatic carbocycles. The Balaban J connectivity index is 1.96. The van der Waals surface area contributed by atoms with Gasteiger partial charge in [0.2, 0.25) is 10.6 Å². The zero-order valence-electron chi connectivity index (χ0n) is 19.5. The summed E-state index contributed by atoms with van der Waals surface area (Å²) in [6, 6.07) is 10.5. The van der Waals surface area contributed by atoms with Crippen LogP contribution in [0.25, 0.3) is 11.3 Å². The number of thiazole rings is 1. The highest BCUT2D eigenvalue weighted by Gasteiger charge is 2.17. The summed E-state index contributed by atoms with van der Waals surface area (Å²) in [5.74, 6) is -0.0513. The quantitative estimate of drug-likeness (QED) is 0.321. The Hall–Kier alpha value is -4.05. The van der Waals surface area contributed by atoms with E-state index >= 15 is 0 Å². The van der Waals surface area contributed by atoms with E-state index in [1.165, 1.54) is 38.7 Å². The predicted octanol–water partition coefficient (Wildman–Crippen LogP) is 5.42. The minimum absolute atomic E-state index is 0.00444. The fraction of sp³-hybridized carbons (Fsp3) is 0.160. The number of hydrogen-bond acceptors (Lipinski definition) is 7. The Kier molecular flexibility index (Phi) is 7.21. The maximum absolute atomic E-state index is 14.4. The maximum atomic E-state index is 14.4. The molecule has 2 heterocycles. The van der Waals surface area contributed by atoms with E-state index < -0.39 is 11.6 Å². The van der Waals surface area contributed by atoms with Gasteiger partial charge in [-0.2, -0.15) is 5.10 Å². The van der Waals surface area contributed by atoms with Crippen molar-refractivity contribution in [3.05, 3.63) is 82.2 Å². The highest BCUT2D eigenvalue weighted by molar-refractivity contribution is 7.07. The molecule has 0 saturated heterocycles. The Morgan fingerprint density at radius 3 is 2.23 bits per heavy atom. The number of methoxy groups -OCH3 is 3. The van der Waals surface area contributed by atoms with Crippen molar-refractivity contribution in [2.24, 2.45) is 10.1 Å². The number of aromatic nitrogens is 2. The molecule has 0 aliphatic carbocycles. The number of halogens is 2. The van der Waals surface area contributed by atoms with Gasteiger partial charge in [0.05, 0.1) is 32.7 Å². The Morgan fingerprint density at radius 2 is 1.63 bits per heavy atom. The molecule has 0 aliphatic rings. The minimum atomic E-state index is -0.769. The molecule has 0 atom stereocenters. The standard InChI is InChI=1S/C25H22F2N4O3S/c1-15(16-7-9-28-10-8-16)30-31-21(17-11-22(32-2)24(34-4)23(12-17)33-3)14-35-25(31)29-20-6-5-18(26)13-19(20)27/h5-14H,1-4H3. The van der Waals surface area contributed by atoms with E-state index in [9.17, 15) is 8.78 Å². The number of benzene rings is 2. The van der Waals surface area contributed by atoms with Crippen LogP contribution in [0.4, 0.5) is 14.5 Å². The first-order valence-electron chi connectivity index (χ1n) is 10.4. The zero-order valence-corrected chi connectivity index (χ0v) is 20.3. The smallest absolute Gasteiger partial charge is 0.211 e. The third kappa shape index (κ3) is 5.07. The van der Waals surface area contributed by atoms with Crippen LogP contribution >= 0.6 is 11.3 Å². The zero-order chi connectivity index (χ0) is 24.9. The molecular weight excluding hydrogens is 474 g/mol. The van der Waals surface area contributed by atoms with Crippen molar-refractivity contribution in [3.63, 3.8) is 0 Å². The lowest BCUT2D eigenvalue weighted by Gasteiger charge is -2.14. The summed E-state index contributed by atoms with van der Waals surface area (Å²) in [6.07, 6.45) is 3.35. The van der Waals surface area contributed by atoms with Crippen molar-refractivity contribution in [1.82, 2.24) is 9.66 Å². The molecule has 0 spiro atoms. The molecule has 0 amide bonds. The van der Waals surface area contributed by atoms with Crippen LogP contribution in [-0.2, 0) is 0 Å². The summed E-state index contributed by atoms with van der Waals surface area (Å²) in [7, 11) is 4.60. The summed E-state index contributed by atoms with van der Waals surface area (Å²) in [5, 5.41) is 6.61. The van der Waals surface area contributed by atoms with Gasteiger partial charge in [-0.15, -0.1) is 11.3 Å². The number of pyridine rings is 1. The van der Waals surface area contributed by atoms with Crippen molar-refractivity contribution in [2.75, 3.05) is 21.3 Å². The first kappa shape index (κ1) is 24.1. The second-order valence-corrected chi connectivity index (χ2v) is 8.09. The second kappa shape index (κ2) is 10.5. The van der Waals surface area contributed by atoms with E-state index in [2.05, 4.69) is 9.98 Å². The van der Waals surface area contributed by atoms with E-state index in [1.807, 2.05) is 24.4 Å². The molecule has 0 radical (unpaired) electrons. The van der Waals surface area contributed by atoms with E-state index in [4.69, 9.17) is 19.3 Å². The lowest BCUT2D eigenvalue weighted by molar-refractivity contribution is 0.324. The Bertz CT molecular complexity index is 1420. The van der Waals surface area contributed by atoms with Gasteiger partial charge in [-0.3, -0.25) is 4.98 Å². The van der Waals surface area contributed by atoms with Crippen LogP contribution in [0.15, 0.2) is 70.3 Å². The van der Waals surface area contributed by atoms with Gasteiger partial charge in [0.1, 0.15) is 11.5 Å². The third-order valence-electron chi connectivity index (χ3n) is 5.12. The molecule has 0 bridgehead atoms. The fourth-order valence-electron chi connectivity index (χ4n) is 3.38. The summed E-state index contributed by atoms with van der Waals surface area (Å²) < 4.78 is 45.8. The van der Waals surface area contributed by atoms with Crippen LogP contribution in [0.5, 0.6) is 17.2 Å². The van der Waals surface area contributed by atoms with Crippen molar-refractivity contribution in [2.45, 2.75) is 6.92 Å². The minimum Gasteiger partial charge on any atom is -0.493 e. The van der Waals surface area contributed by atoms with Gasteiger partial charge < -0.3 is 14.2 Å². The van der Waals surface area contributed by atoms with Gasteiger partial charge in [0, 0.05) is 35.0 Å². The van der Waals surface area contributed by atoms with Gasteiger partial charge in [-0.05, 0) is 43.3 Å². The molecule has 0 aliphatic heterocycles. The molecule has 0 N–H and O–H groups in total. The van der Waals surface area contributed by atoms with Crippen LogP contribution in [0.2, 0.25) is 0 Å². The van der Waals surface area contributed by atoms with Gasteiger partial charge in [0.15, 0.2) is 17.3 Å². The molecule has 4 aromatic rings. The average molecular weight is 497 g/mol. The average Bonchev–Trinajstić information content (AvgIpc) is 3.27. The highest BCUT2D eigenvalue weighted by atomic mass is 32.1. The van der Waals surface area contributed by atoms with Crippen molar-refractivity contribution in [3.8, 4) is 28.5 Å². The molecule has 7 nitrogen and oxygen atoms in total. The van der Waals surface area contributed by atoms with Crippen molar-refractivity contribution in [1.29, 1.82) is 0 Å². The Morgan fingerprint density at radius 1 is 0.943 bits per heavy atom. The highest BCUT2D eigenvalue weighted by Crippen LogP contribution is 2.41. The van der Waals surface area contributed by atoms with E-state index in [-0.39, 0.29) is 5.69 Å². The lowest BCUT2D eigenvalue weighted by Crippen LogP contribution is -2.14. The summed E-state index contributed by atoms with van der Waals surface area (Å²) in [4.78, 5) is 8.85. The number of nitrogens with zero attached hydrogens (tertiary/aromatic N) is 4. The van der Waals surface area contributed by atoms with Crippen molar-refractivity contribution < 1.29 is 23.0 Å². The van der Waals surface area contributed by atoms with Crippen LogP contribution < -0.4 is 19.0 Å². The molecule has 180 valence electrons. The molecular formula is C25H22F2N4O3S. The normalized spacial score (nSPS) is 12.1. The van der Waals surface area contributed by atoms with Crippen LogP contribution in [-0.4, -0.2) is 36.7 Å². The fourth-order valence-corrected chi connectivity index (χ4v) is 4.22. The van der Waals surface area contributed by atoms with Gasteiger partial charge >= 0.3 is 0 Å². The number of hydrogen-bond donors (Lipinski definition) is 0. The third-order valence-corrected chi connectivity index (χ3v) is 5.94. The van der Waals surface area contributed by atoms with E-state index in [0.717, 1.165) is 17.7 Å². The van der Waals surface area contributed by atoms with Gasteiger partial charge in [-0.1, -0.05) is 0 Å². The molecule has 10 heteroatoms. The molecule has 4 rings (SSSR count). The van der Waals surface area contributed by atoms with Crippen LogP contribution in [0.3, 0.4) is 0 Å². The first-order valence-corrected chi connectivity index (χ1v) is 11.3. The molecule has 0 fully saturated rings. The van der Waals surface area contributed by atoms with Crippen LogP contribution in [0.1, 0.15) is 12.5 Å². The Labute approximate surface area is 204 Å². The SMILES string of the molecule is COc1cc(-c2csc(=Nc3ccc(F)cc3F)n2N=C(C)c2ccncc2)cc(OC)c1OC. The van der Waals surface area contributed by atoms with Crippen LogP contribution in [0, 0.1) is 11.6 Å². The van der Waals surface area contributed by atoms with E-state index in [0.29, 0.717) is 39.0 Å². The first-order chi connectivity index (χ1) is 16.9. The summed E-state index contributed by atoms with van der Waals surface area (Å²) in [5.41, 5.74) is 2.90. The maximum Gasteiger partial charge on any atom is 0.211 e. The largest absolute Gasteiger partial charge is 0.493 e. The van der Waals surface area contributed by atoms with Gasteiger partial charge in [0.25, 0.3) is 0 Å². The summed E-state index contributed by atoms with van der Waals surface area (Å²) in [6.45, 7) is 1.85. The number of ether oxygens (including phenoxy) is 3. The lowest BCUT2D eigenvalue weighted by atomic mass is 10.1. The molecule has 2 aromatic heterocycles. The predicted molar refractivity (Wildman–Crippen MR) is 131 cm³/mol. The molecule has 0 unspecified atom stereocenters. The molecule has 0 saturated carbocycles. The van der Waals surface area contributed by atoms with E-state index in [1.54, 1.807) is 29.2 Å². The topological polar surface area (TPSA) is 70.2 Å².